The lowest BCUT2D eigenvalue weighted by Gasteiger charge is -2.15. The first-order valence-electron chi connectivity index (χ1n) is 4.44. The molecule has 0 bridgehead atoms. The van der Waals surface area contributed by atoms with Gasteiger partial charge in [-0.2, -0.15) is 0 Å². The van der Waals surface area contributed by atoms with Crippen LogP contribution in [-0.2, 0) is 4.79 Å². The summed E-state index contributed by atoms with van der Waals surface area (Å²) in [7, 11) is 3.77. The summed E-state index contributed by atoms with van der Waals surface area (Å²) in [6.07, 6.45) is 0. The molecule has 0 aromatic carbocycles. The highest BCUT2D eigenvalue weighted by Crippen LogP contribution is 2.25. The van der Waals surface area contributed by atoms with Gasteiger partial charge in [0.1, 0.15) is 5.92 Å². The first-order valence-corrected chi connectivity index (χ1v) is 5.26. The van der Waals surface area contributed by atoms with Gasteiger partial charge in [-0.3, -0.25) is 4.79 Å². The van der Waals surface area contributed by atoms with E-state index in [-0.39, 0.29) is 0 Å². The topological polar surface area (TPSA) is 40.5 Å². The van der Waals surface area contributed by atoms with E-state index in [0.29, 0.717) is 6.54 Å². The van der Waals surface area contributed by atoms with Gasteiger partial charge in [0.2, 0.25) is 0 Å². The third-order valence-electron chi connectivity index (χ3n) is 1.95. The molecule has 4 heteroatoms. The summed E-state index contributed by atoms with van der Waals surface area (Å²) in [5.41, 5.74) is 0. The van der Waals surface area contributed by atoms with Gasteiger partial charge in [0.15, 0.2) is 0 Å². The quantitative estimate of drug-likeness (QED) is 0.829. The number of carbonyl (C=O) groups is 1. The van der Waals surface area contributed by atoms with Crippen LogP contribution in [0.4, 0.5) is 0 Å². The molecular weight excluding hydrogens is 198 g/mol. The molecule has 14 heavy (non-hydrogen) atoms. The SMILES string of the molecule is Cc1ccc(C(CN(C)C)C(=O)O)s1. The summed E-state index contributed by atoms with van der Waals surface area (Å²) in [4.78, 5) is 15.0. The number of likely N-dealkylation sites (N-methyl/N-ethyl adjacent to an activating group) is 1. The molecule has 78 valence electrons. The molecule has 0 aliphatic carbocycles. The molecular formula is C10H15NO2S. The number of hydrogen-bond donors (Lipinski definition) is 1. The molecule has 0 fully saturated rings. The molecule has 1 heterocycles. The van der Waals surface area contributed by atoms with E-state index in [1.165, 1.54) is 0 Å². The number of carboxylic acid groups (broad SMARTS) is 1. The van der Waals surface area contributed by atoms with Gasteiger partial charge in [-0.15, -0.1) is 11.3 Å². The van der Waals surface area contributed by atoms with Crippen molar-refractivity contribution in [2.24, 2.45) is 0 Å². The minimum Gasteiger partial charge on any atom is -0.481 e. The summed E-state index contributed by atoms with van der Waals surface area (Å²) in [5, 5.41) is 9.06. The third-order valence-corrected chi connectivity index (χ3v) is 3.06. The van der Waals surface area contributed by atoms with Crippen LogP contribution in [0.2, 0.25) is 0 Å². The zero-order valence-corrected chi connectivity index (χ0v) is 9.47. The average Bonchev–Trinajstić information content (AvgIpc) is 2.46. The van der Waals surface area contributed by atoms with Crippen LogP contribution in [0.25, 0.3) is 0 Å². The van der Waals surface area contributed by atoms with Crippen molar-refractivity contribution in [2.75, 3.05) is 20.6 Å². The minimum absolute atomic E-state index is 0.399. The molecule has 0 radical (unpaired) electrons. The zero-order valence-electron chi connectivity index (χ0n) is 8.65. The number of aliphatic carboxylic acids is 1. The second-order valence-corrected chi connectivity index (χ2v) is 4.92. The van der Waals surface area contributed by atoms with Crippen molar-refractivity contribution in [3.8, 4) is 0 Å². The molecule has 1 unspecified atom stereocenters. The second-order valence-electron chi connectivity index (χ2n) is 3.60. The fraction of sp³-hybridized carbons (Fsp3) is 0.500. The van der Waals surface area contributed by atoms with Crippen LogP contribution in [0, 0.1) is 6.92 Å². The predicted molar refractivity (Wildman–Crippen MR) is 58.0 cm³/mol. The monoisotopic (exact) mass is 213 g/mol. The van der Waals surface area contributed by atoms with E-state index in [0.717, 1.165) is 9.75 Å². The first kappa shape index (κ1) is 11.2. The van der Waals surface area contributed by atoms with E-state index >= 15 is 0 Å². The maximum absolute atomic E-state index is 11.0. The Labute approximate surface area is 88.0 Å². The summed E-state index contributed by atoms with van der Waals surface area (Å²) >= 11 is 1.56. The molecule has 0 saturated heterocycles. The van der Waals surface area contributed by atoms with Gasteiger partial charge in [-0.05, 0) is 33.2 Å². The highest BCUT2D eigenvalue weighted by Gasteiger charge is 2.21. The first-order chi connectivity index (χ1) is 6.50. The molecule has 3 nitrogen and oxygen atoms in total. The number of hydrogen-bond acceptors (Lipinski definition) is 3. The highest BCUT2D eigenvalue weighted by atomic mass is 32.1. The van der Waals surface area contributed by atoms with Gasteiger partial charge in [0.25, 0.3) is 0 Å². The lowest BCUT2D eigenvalue weighted by molar-refractivity contribution is -0.139. The van der Waals surface area contributed by atoms with Crippen molar-refractivity contribution < 1.29 is 9.90 Å². The molecule has 0 amide bonds. The molecule has 1 rings (SSSR count). The van der Waals surface area contributed by atoms with Crippen LogP contribution in [0.1, 0.15) is 15.7 Å². The largest absolute Gasteiger partial charge is 0.481 e. The lowest BCUT2D eigenvalue weighted by Crippen LogP contribution is -2.25. The maximum Gasteiger partial charge on any atom is 0.313 e. The number of rotatable bonds is 4. The Morgan fingerprint density at radius 2 is 2.21 bits per heavy atom. The van der Waals surface area contributed by atoms with Crippen molar-refractivity contribution in [1.29, 1.82) is 0 Å². The van der Waals surface area contributed by atoms with Gasteiger partial charge in [0, 0.05) is 16.3 Å². The standard InChI is InChI=1S/C10H15NO2S/c1-7-4-5-9(14-7)8(10(12)13)6-11(2)3/h4-5,8H,6H2,1-3H3,(H,12,13). The number of aryl methyl sites for hydroxylation is 1. The summed E-state index contributed by atoms with van der Waals surface area (Å²) in [6.45, 7) is 2.54. The van der Waals surface area contributed by atoms with Crippen LogP contribution in [0.5, 0.6) is 0 Å². The van der Waals surface area contributed by atoms with Crippen LogP contribution < -0.4 is 0 Å². The predicted octanol–water partition coefficient (Wildman–Crippen LogP) is 1.79. The van der Waals surface area contributed by atoms with E-state index in [2.05, 4.69) is 0 Å². The van der Waals surface area contributed by atoms with Gasteiger partial charge >= 0.3 is 5.97 Å². The van der Waals surface area contributed by atoms with E-state index in [1.54, 1.807) is 11.3 Å². The number of nitrogens with zero attached hydrogens (tertiary/aromatic N) is 1. The van der Waals surface area contributed by atoms with Crippen LogP contribution in [0.15, 0.2) is 12.1 Å². The Balaban J connectivity index is 2.83. The van der Waals surface area contributed by atoms with E-state index < -0.39 is 11.9 Å². The van der Waals surface area contributed by atoms with Gasteiger partial charge in [-0.25, -0.2) is 0 Å². The van der Waals surface area contributed by atoms with Crippen molar-refractivity contribution in [3.05, 3.63) is 21.9 Å². The molecule has 0 aliphatic heterocycles. The van der Waals surface area contributed by atoms with Crippen LogP contribution >= 0.6 is 11.3 Å². The maximum atomic E-state index is 11.0. The average molecular weight is 213 g/mol. The van der Waals surface area contributed by atoms with E-state index in [9.17, 15) is 4.79 Å². The van der Waals surface area contributed by atoms with Crippen LogP contribution in [0.3, 0.4) is 0 Å². The fourth-order valence-corrected chi connectivity index (χ4v) is 2.26. The Kier molecular flexibility index (Phi) is 3.66. The highest BCUT2D eigenvalue weighted by molar-refractivity contribution is 7.12. The van der Waals surface area contributed by atoms with Gasteiger partial charge in [0.05, 0.1) is 0 Å². The normalized spacial score (nSPS) is 13.1. The lowest BCUT2D eigenvalue weighted by atomic mass is 10.1. The summed E-state index contributed by atoms with van der Waals surface area (Å²) in [5.74, 6) is -1.15. The van der Waals surface area contributed by atoms with Crippen molar-refractivity contribution in [2.45, 2.75) is 12.8 Å². The molecule has 0 aliphatic rings. The number of thiophene rings is 1. The molecule has 0 saturated carbocycles. The zero-order chi connectivity index (χ0) is 10.7. The molecule has 1 N–H and O–H groups in total. The molecule has 1 aromatic heterocycles. The van der Waals surface area contributed by atoms with Crippen molar-refractivity contribution in [3.63, 3.8) is 0 Å². The van der Waals surface area contributed by atoms with E-state index in [1.807, 2.05) is 38.1 Å². The third kappa shape index (κ3) is 2.82. The summed E-state index contributed by atoms with van der Waals surface area (Å²) in [6, 6.07) is 3.87. The molecule has 1 atom stereocenters. The van der Waals surface area contributed by atoms with Crippen molar-refractivity contribution in [1.82, 2.24) is 4.90 Å². The Bertz CT molecular complexity index is 320. The van der Waals surface area contributed by atoms with E-state index in [4.69, 9.17) is 5.11 Å². The van der Waals surface area contributed by atoms with Crippen molar-refractivity contribution >= 4 is 17.3 Å². The molecule has 1 aromatic rings. The summed E-state index contributed by atoms with van der Waals surface area (Å²) < 4.78 is 0. The van der Waals surface area contributed by atoms with Gasteiger partial charge in [-0.1, -0.05) is 0 Å². The number of carboxylic acids is 1. The Morgan fingerprint density at radius 3 is 2.57 bits per heavy atom. The smallest absolute Gasteiger partial charge is 0.313 e. The van der Waals surface area contributed by atoms with Crippen LogP contribution in [-0.4, -0.2) is 36.6 Å². The Morgan fingerprint density at radius 1 is 1.57 bits per heavy atom. The minimum atomic E-state index is -0.749. The Hall–Kier alpha value is -0.870. The fourth-order valence-electron chi connectivity index (χ4n) is 1.30. The van der Waals surface area contributed by atoms with Gasteiger partial charge < -0.3 is 10.0 Å². The second kappa shape index (κ2) is 4.57. The molecule has 0 spiro atoms.